The van der Waals surface area contributed by atoms with Crippen LogP contribution in [0.3, 0.4) is 0 Å². The van der Waals surface area contributed by atoms with Crippen LogP contribution in [-0.2, 0) is 30.6 Å². The zero-order valence-corrected chi connectivity index (χ0v) is 21.9. The van der Waals surface area contributed by atoms with Gasteiger partial charge in [0.1, 0.15) is 0 Å². The van der Waals surface area contributed by atoms with Crippen molar-refractivity contribution in [3.8, 4) is 0 Å². The molecule has 0 bridgehead atoms. The Kier molecular flexibility index (Phi) is 7.78. The summed E-state index contributed by atoms with van der Waals surface area (Å²) in [6.07, 6.45) is 2.62. The number of nitrogens with one attached hydrogen (secondary N) is 1. The van der Waals surface area contributed by atoms with Crippen molar-refractivity contribution in [3.05, 3.63) is 58.6 Å². The number of carbonyl (C=O) groups excluding carboxylic acids is 1. The molecule has 0 unspecified atom stereocenters. The van der Waals surface area contributed by atoms with Crippen LogP contribution in [0.15, 0.2) is 57.9 Å². The number of hydrogen-bond donors (Lipinski definition) is 1. The number of nitrogens with zero attached hydrogens (tertiary/aromatic N) is 2. The summed E-state index contributed by atoms with van der Waals surface area (Å²) in [4.78, 5) is 13.0. The molecule has 0 spiro atoms. The summed E-state index contributed by atoms with van der Waals surface area (Å²) < 4.78 is 54.7. The molecule has 4 rings (SSSR count). The molecule has 2 aliphatic rings. The zero-order valence-electron chi connectivity index (χ0n) is 18.7. The largest absolute Gasteiger partial charge is 0.326 e. The monoisotopic (exact) mass is 569 g/mol. The van der Waals surface area contributed by atoms with Crippen LogP contribution in [0.2, 0.25) is 0 Å². The lowest BCUT2D eigenvalue weighted by Crippen LogP contribution is -2.41. The number of amides is 1. The van der Waals surface area contributed by atoms with Crippen LogP contribution in [0.1, 0.15) is 31.2 Å². The first-order valence-electron chi connectivity index (χ1n) is 11.3. The summed E-state index contributed by atoms with van der Waals surface area (Å²) in [7, 11) is -6.96. The molecule has 1 amide bonds. The van der Waals surface area contributed by atoms with Gasteiger partial charge in [-0.05, 0) is 67.6 Å². The van der Waals surface area contributed by atoms with Crippen molar-refractivity contribution in [2.24, 2.45) is 5.92 Å². The van der Waals surface area contributed by atoms with Crippen molar-refractivity contribution in [2.45, 2.75) is 36.3 Å². The van der Waals surface area contributed by atoms with Gasteiger partial charge in [-0.25, -0.2) is 21.1 Å². The van der Waals surface area contributed by atoms with E-state index in [2.05, 4.69) is 21.2 Å². The van der Waals surface area contributed by atoms with E-state index in [1.54, 1.807) is 30.3 Å². The van der Waals surface area contributed by atoms with E-state index in [9.17, 15) is 21.6 Å². The van der Waals surface area contributed by atoms with Crippen molar-refractivity contribution in [1.29, 1.82) is 0 Å². The van der Waals surface area contributed by atoms with Crippen LogP contribution in [0.4, 0.5) is 5.69 Å². The van der Waals surface area contributed by atoms with Crippen LogP contribution >= 0.6 is 15.9 Å². The van der Waals surface area contributed by atoms with Crippen molar-refractivity contribution in [3.63, 3.8) is 0 Å². The summed E-state index contributed by atoms with van der Waals surface area (Å²) in [6.45, 7) is 1.67. The van der Waals surface area contributed by atoms with Crippen LogP contribution < -0.4 is 5.32 Å². The number of hydrogen-bond acceptors (Lipinski definition) is 5. The van der Waals surface area contributed by atoms with Gasteiger partial charge in [0.05, 0.1) is 10.6 Å². The maximum atomic E-state index is 12.8. The van der Waals surface area contributed by atoms with Crippen molar-refractivity contribution in [1.82, 2.24) is 8.61 Å². The average Bonchev–Trinajstić information content (AvgIpc) is 3.35. The number of rotatable bonds is 7. The molecular weight excluding hydrogens is 542 g/mol. The van der Waals surface area contributed by atoms with Crippen molar-refractivity contribution < 1.29 is 21.6 Å². The highest BCUT2D eigenvalue weighted by molar-refractivity contribution is 9.10. The van der Waals surface area contributed by atoms with Gasteiger partial charge in [-0.3, -0.25) is 4.79 Å². The molecule has 1 N–H and O–H groups in total. The summed E-state index contributed by atoms with van der Waals surface area (Å²) in [5.41, 5.74) is 1.24. The zero-order chi connectivity index (χ0) is 24.3. The van der Waals surface area contributed by atoms with E-state index in [-0.39, 0.29) is 22.5 Å². The fourth-order valence-corrected chi connectivity index (χ4v) is 7.87. The number of benzene rings is 2. The molecule has 2 aromatic rings. The van der Waals surface area contributed by atoms with E-state index in [4.69, 9.17) is 0 Å². The number of piperidine rings is 1. The van der Waals surface area contributed by atoms with E-state index < -0.39 is 20.0 Å². The van der Waals surface area contributed by atoms with Crippen LogP contribution in [0.5, 0.6) is 0 Å². The molecule has 2 fully saturated rings. The normalized spacial score (nSPS) is 18.7. The van der Waals surface area contributed by atoms with Crippen LogP contribution in [0.25, 0.3) is 0 Å². The summed E-state index contributed by atoms with van der Waals surface area (Å²) >= 11 is 3.36. The number of sulfonamides is 2. The molecular formula is C23H28BrN3O5S2. The molecule has 184 valence electrons. The fourth-order valence-electron chi connectivity index (χ4n) is 4.36. The minimum absolute atomic E-state index is 0.0734. The molecule has 34 heavy (non-hydrogen) atoms. The molecule has 0 aliphatic carbocycles. The Labute approximate surface area is 209 Å². The minimum atomic E-state index is -3.49. The average molecular weight is 571 g/mol. The lowest BCUT2D eigenvalue weighted by atomic mass is 9.97. The van der Waals surface area contributed by atoms with E-state index in [1.165, 1.54) is 20.7 Å². The Morgan fingerprint density at radius 3 is 2.18 bits per heavy atom. The highest BCUT2D eigenvalue weighted by atomic mass is 79.9. The second kappa shape index (κ2) is 10.4. The van der Waals surface area contributed by atoms with Crippen molar-refractivity contribution in [2.75, 3.05) is 31.5 Å². The molecule has 11 heteroatoms. The van der Waals surface area contributed by atoms with Gasteiger partial charge in [0.15, 0.2) is 0 Å². The number of anilines is 1. The van der Waals surface area contributed by atoms with Crippen LogP contribution in [-0.4, -0.2) is 57.5 Å². The third kappa shape index (κ3) is 5.88. The number of halogens is 1. The number of carbonyl (C=O) groups is 1. The van der Waals surface area contributed by atoms with Gasteiger partial charge in [-0.2, -0.15) is 4.31 Å². The Morgan fingerprint density at radius 1 is 0.912 bits per heavy atom. The van der Waals surface area contributed by atoms with E-state index in [0.717, 1.165) is 17.3 Å². The van der Waals surface area contributed by atoms with E-state index >= 15 is 0 Å². The molecule has 8 nitrogen and oxygen atoms in total. The van der Waals surface area contributed by atoms with Crippen LogP contribution in [0, 0.1) is 5.92 Å². The molecule has 2 aromatic carbocycles. The second-order valence-corrected chi connectivity index (χ2v) is 13.5. The van der Waals surface area contributed by atoms with E-state index in [1.807, 2.05) is 6.07 Å². The summed E-state index contributed by atoms with van der Waals surface area (Å²) in [5, 5.41) is 2.84. The fraction of sp³-hybridized carbons (Fsp3) is 0.435. The summed E-state index contributed by atoms with van der Waals surface area (Å²) in [6, 6.07) is 13.4. The maximum absolute atomic E-state index is 12.8. The highest BCUT2D eigenvalue weighted by Gasteiger charge is 2.31. The highest BCUT2D eigenvalue weighted by Crippen LogP contribution is 2.25. The van der Waals surface area contributed by atoms with Gasteiger partial charge < -0.3 is 5.32 Å². The third-order valence-electron chi connectivity index (χ3n) is 6.28. The Hall–Kier alpha value is -1.79. The molecule has 2 aliphatic heterocycles. The topological polar surface area (TPSA) is 104 Å². The first-order chi connectivity index (χ1) is 16.1. The second-order valence-electron chi connectivity index (χ2n) is 8.68. The molecule has 0 atom stereocenters. The maximum Gasteiger partial charge on any atom is 0.243 e. The molecule has 0 saturated carbocycles. The van der Waals surface area contributed by atoms with Gasteiger partial charge in [0, 0.05) is 42.3 Å². The third-order valence-corrected chi connectivity index (χ3v) is 10.5. The lowest BCUT2D eigenvalue weighted by Gasteiger charge is -2.30. The lowest BCUT2D eigenvalue weighted by molar-refractivity contribution is -0.120. The molecule has 2 saturated heterocycles. The van der Waals surface area contributed by atoms with Gasteiger partial charge in [0.25, 0.3) is 0 Å². The molecule has 2 heterocycles. The Bertz CT molecular complexity index is 1240. The first-order valence-corrected chi connectivity index (χ1v) is 15.1. The molecule has 0 aromatic heterocycles. The van der Waals surface area contributed by atoms with Gasteiger partial charge >= 0.3 is 0 Å². The van der Waals surface area contributed by atoms with E-state index in [0.29, 0.717) is 50.3 Å². The predicted molar refractivity (Wildman–Crippen MR) is 134 cm³/mol. The Balaban J connectivity index is 1.31. The first kappa shape index (κ1) is 25.3. The minimum Gasteiger partial charge on any atom is -0.326 e. The van der Waals surface area contributed by atoms with Gasteiger partial charge in [0.2, 0.25) is 26.0 Å². The standard InChI is InChI=1S/C23H28BrN3O5S2/c24-20-5-3-4-18(16-20)17-33(29,30)26-14-10-19(11-15-26)23(28)25-21-6-8-22(9-7-21)34(31,32)27-12-1-2-13-27/h3-9,16,19H,1-2,10-15,17H2,(H,25,28). The smallest absolute Gasteiger partial charge is 0.243 e. The quantitative estimate of drug-likeness (QED) is 0.550. The Morgan fingerprint density at radius 2 is 1.56 bits per heavy atom. The summed E-state index contributed by atoms with van der Waals surface area (Å²) in [5.74, 6) is -0.555. The predicted octanol–water partition coefficient (Wildman–Crippen LogP) is 3.41. The van der Waals surface area contributed by atoms with Crippen molar-refractivity contribution >= 4 is 47.6 Å². The van der Waals surface area contributed by atoms with Gasteiger partial charge in [-0.1, -0.05) is 28.1 Å². The SMILES string of the molecule is O=C(Nc1ccc(S(=O)(=O)N2CCCC2)cc1)C1CCN(S(=O)(=O)Cc2cccc(Br)c2)CC1. The van der Waals surface area contributed by atoms with Gasteiger partial charge in [-0.15, -0.1) is 0 Å². The molecule has 0 radical (unpaired) electrons.